The highest BCUT2D eigenvalue weighted by molar-refractivity contribution is 5.92. The predicted molar refractivity (Wildman–Crippen MR) is 127 cm³/mol. The highest BCUT2D eigenvalue weighted by Gasteiger charge is 2.35. The summed E-state index contributed by atoms with van der Waals surface area (Å²) in [5.74, 6) is 0.900. The van der Waals surface area contributed by atoms with Gasteiger partial charge in [0.05, 0.1) is 19.3 Å². The van der Waals surface area contributed by atoms with Crippen LogP contribution in [0.4, 0.5) is 5.95 Å². The number of carbonyl (C=O) groups is 2. The van der Waals surface area contributed by atoms with Crippen LogP contribution in [-0.2, 0) is 14.3 Å². The number of hydrogen-bond donors (Lipinski definition) is 1. The van der Waals surface area contributed by atoms with Gasteiger partial charge in [0.25, 0.3) is 5.91 Å². The van der Waals surface area contributed by atoms with Crippen LogP contribution in [0.15, 0.2) is 35.8 Å². The fraction of sp³-hybridized carbons (Fsp3) is 0.500. The molecule has 0 saturated carbocycles. The highest BCUT2D eigenvalue weighted by atomic mass is 16.5. The Morgan fingerprint density at radius 1 is 1.18 bits per heavy atom. The maximum Gasteiger partial charge on any atom is 0.338 e. The fourth-order valence-corrected chi connectivity index (χ4v) is 3.83. The molecule has 10 heteroatoms. The Bertz CT molecular complexity index is 1040. The van der Waals surface area contributed by atoms with E-state index in [1.165, 1.54) is 13.4 Å². The van der Waals surface area contributed by atoms with Gasteiger partial charge in [-0.3, -0.25) is 4.79 Å². The standard InChI is InChI=1S/C24H33N5O5/c1-6-9-12-33-23(31)21-16(4)27-24-25-15-26-29(24)22(21)17-10-11-18(19(13-17)32-5)34-14-20(30)28(7-2)8-3/h10-11,13,15,22H,6-9,12,14H2,1-5H3,(H,25,26,27). The molecule has 1 amide bonds. The maximum absolute atomic E-state index is 13.0. The predicted octanol–water partition coefficient (Wildman–Crippen LogP) is 3.17. The Morgan fingerprint density at radius 2 is 1.94 bits per heavy atom. The van der Waals surface area contributed by atoms with Crippen molar-refractivity contribution in [3.8, 4) is 11.5 Å². The lowest BCUT2D eigenvalue weighted by Crippen LogP contribution is -2.34. The van der Waals surface area contributed by atoms with E-state index >= 15 is 0 Å². The molecule has 2 aromatic rings. The third-order valence-electron chi connectivity index (χ3n) is 5.72. The van der Waals surface area contributed by atoms with Gasteiger partial charge in [0.15, 0.2) is 18.1 Å². The number of amides is 1. The van der Waals surface area contributed by atoms with Gasteiger partial charge in [0, 0.05) is 18.8 Å². The van der Waals surface area contributed by atoms with Crippen LogP contribution in [0.1, 0.15) is 52.1 Å². The molecule has 1 atom stereocenters. The van der Waals surface area contributed by atoms with Crippen molar-refractivity contribution < 1.29 is 23.8 Å². The summed E-state index contributed by atoms with van der Waals surface area (Å²) < 4.78 is 18.5. The Labute approximate surface area is 199 Å². The molecule has 1 N–H and O–H groups in total. The number of methoxy groups -OCH3 is 1. The largest absolute Gasteiger partial charge is 0.493 e. The molecular formula is C24H33N5O5. The van der Waals surface area contributed by atoms with Gasteiger partial charge in [0.1, 0.15) is 12.4 Å². The minimum absolute atomic E-state index is 0.0913. The molecule has 1 unspecified atom stereocenters. The van der Waals surface area contributed by atoms with E-state index in [9.17, 15) is 9.59 Å². The van der Waals surface area contributed by atoms with Gasteiger partial charge in [-0.2, -0.15) is 10.1 Å². The van der Waals surface area contributed by atoms with Gasteiger partial charge in [-0.05, 0) is 44.9 Å². The van der Waals surface area contributed by atoms with Crippen LogP contribution in [-0.4, -0.2) is 65.0 Å². The molecule has 0 saturated heterocycles. The van der Waals surface area contributed by atoms with Crippen molar-refractivity contribution in [1.29, 1.82) is 0 Å². The summed E-state index contributed by atoms with van der Waals surface area (Å²) in [5, 5.41) is 7.46. The summed E-state index contributed by atoms with van der Waals surface area (Å²) in [6.07, 6.45) is 3.15. The second-order valence-electron chi connectivity index (χ2n) is 7.85. The molecule has 0 bridgehead atoms. The molecule has 10 nitrogen and oxygen atoms in total. The summed E-state index contributed by atoms with van der Waals surface area (Å²) in [6, 6.07) is 4.78. The average Bonchev–Trinajstić information content (AvgIpc) is 3.30. The van der Waals surface area contributed by atoms with Gasteiger partial charge in [-0.25, -0.2) is 9.48 Å². The van der Waals surface area contributed by atoms with E-state index in [1.54, 1.807) is 21.7 Å². The number of unbranched alkanes of at least 4 members (excludes halogenated alkanes) is 1. The third kappa shape index (κ3) is 5.32. The summed E-state index contributed by atoms with van der Waals surface area (Å²) in [4.78, 5) is 31.3. The van der Waals surface area contributed by atoms with Gasteiger partial charge in [-0.15, -0.1) is 0 Å². The van der Waals surface area contributed by atoms with Crippen molar-refractivity contribution in [3.63, 3.8) is 0 Å². The topological polar surface area (TPSA) is 108 Å². The van der Waals surface area contributed by atoms with Crippen LogP contribution in [0.25, 0.3) is 0 Å². The molecule has 0 fully saturated rings. The number of aromatic nitrogens is 3. The number of allylic oxidation sites excluding steroid dienone is 1. The van der Waals surface area contributed by atoms with E-state index < -0.39 is 12.0 Å². The number of benzene rings is 1. The molecule has 1 aliphatic rings. The molecule has 34 heavy (non-hydrogen) atoms. The van der Waals surface area contributed by atoms with Crippen molar-refractivity contribution >= 4 is 17.8 Å². The lowest BCUT2D eigenvalue weighted by molar-refractivity contribution is -0.139. The van der Waals surface area contributed by atoms with E-state index in [-0.39, 0.29) is 12.5 Å². The molecule has 1 aromatic carbocycles. The van der Waals surface area contributed by atoms with Crippen molar-refractivity contribution in [1.82, 2.24) is 19.7 Å². The first kappa shape index (κ1) is 25.1. The number of fused-ring (bicyclic) bond motifs is 1. The van der Waals surface area contributed by atoms with Crippen molar-refractivity contribution in [3.05, 3.63) is 41.4 Å². The normalized spacial score (nSPS) is 14.8. The van der Waals surface area contributed by atoms with Crippen molar-refractivity contribution in [2.24, 2.45) is 0 Å². The Kier molecular flexibility index (Phi) is 8.50. The zero-order chi connectivity index (χ0) is 24.7. The summed E-state index contributed by atoms with van der Waals surface area (Å²) in [7, 11) is 1.53. The molecule has 0 spiro atoms. The zero-order valence-electron chi connectivity index (χ0n) is 20.5. The maximum atomic E-state index is 13.0. The summed E-state index contributed by atoms with van der Waals surface area (Å²) in [6.45, 7) is 9.20. The average molecular weight is 472 g/mol. The van der Waals surface area contributed by atoms with E-state index in [0.717, 1.165) is 18.4 Å². The zero-order valence-corrected chi connectivity index (χ0v) is 20.5. The van der Waals surface area contributed by atoms with Gasteiger partial charge in [0.2, 0.25) is 5.95 Å². The third-order valence-corrected chi connectivity index (χ3v) is 5.72. The lowest BCUT2D eigenvalue weighted by Gasteiger charge is -2.28. The van der Waals surface area contributed by atoms with Gasteiger partial charge < -0.3 is 24.4 Å². The molecule has 0 radical (unpaired) electrons. The quantitative estimate of drug-likeness (QED) is 0.393. The van der Waals surface area contributed by atoms with E-state index in [0.29, 0.717) is 48.4 Å². The van der Waals surface area contributed by atoms with Gasteiger partial charge in [-0.1, -0.05) is 19.4 Å². The minimum Gasteiger partial charge on any atom is -0.493 e. The number of carbonyl (C=O) groups excluding carboxylic acids is 2. The van der Waals surface area contributed by atoms with Crippen molar-refractivity contribution in [2.45, 2.75) is 46.6 Å². The van der Waals surface area contributed by atoms with Crippen LogP contribution in [0.2, 0.25) is 0 Å². The number of nitrogens with zero attached hydrogens (tertiary/aromatic N) is 4. The monoisotopic (exact) mass is 471 g/mol. The molecule has 0 aliphatic carbocycles. The van der Waals surface area contributed by atoms with Crippen LogP contribution in [0, 0.1) is 0 Å². The van der Waals surface area contributed by atoms with E-state index in [4.69, 9.17) is 14.2 Å². The van der Waals surface area contributed by atoms with E-state index in [1.807, 2.05) is 33.8 Å². The summed E-state index contributed by atoms with van der Waals surface area (Å²) >= 11 is 0. The number of ether oxygens (including phenoxy) is 3. The second kappa shape index (κ2) is 11.5. The minimum atomic E-state index is -0.562. The fourth-order valence-electron chi connectivity index (χ4n) is 3.83. The number of likely N-dealkylation sites (N-methyl/N-ethyl adjacent to an activating group) is 1. The molecule has 3 rings (SSSR count). The summed E-state index contributed by atoms with van der Waals surface area (Å²) in [5.41, 5.74) is 1.84. The first-order valence-corrected chi connectivity index (χ1v) is 11.6. The van der Waals surface area contributed by atoms with Crippen LogP contribution < -0.4 is 14.8 Å². The molecule has 1 aromatic heterocycles. The Morgan fingerprint density at radius 3 is 2.62 bits per heavy atom. The first-order valence-electron chi connectivity index (χ1n) is 11.6. The smallest absolute Gasteiger partial charge is 0.338 e. The SMILES string of the molecule is CCCCOC(=O)C1=C(C)Nc2ncnn2C1c1ccc(OCC(=O)N(CC)CC)c(OC)c1. The van der Waals surface area contributed by atoms with Crippen LogP contribution in [0.3, 0.4) is 0 Å². The van der Waals surface area contributed by atoms with Gasteiger partial charge >= 0.3 is 5.97 Å². The molecule has 2 heterocycles. The highest BCUT2D eigenvalue weighted by Crippen LogP contribution is 2.38. The number of rotatable bonds is 11. The van der Waals surface area contributed by atoms with Crippen LogP contribution in [0.5, 0.6) is 11.5 Å². The Hall–Kier alpha value is -3.56. The first-order chi connectivity index (χ1) is 16.4. The van der Waals surface area contributed by atoms with Crippen molar-refractivity contribution in [2.75, 3.05) is 38.7 Å². The molecular weight excluding hydrogens is 438 g/mol. The van der Waals surface area contributed by atoms with Crippen LogP contribution >= 0.6 is 0 Å². The number of hydrogen-bond acceptors (Lipinski definition) is 8. The van der Waals surface area contributed by atoms with E-state index in [2.05, 4.69) is 15.4 Å². The molecule has 184 valence electrons. The second-order valence-corrected chi connectivity index (χ2v) is 7.85. The number of nitrogens with one attached hydrogen (secondary N) is 1. The molecule has 1 aliphatic heterocycles. The number of anilines is 1. The Balaban J connectivity index is 1.91. The lowest BCUT2D eigenvalue weighted by atomic mass is 9.95. The number of esters is 1.